The summed E-state index contributed by atoms with van der Waals surface area (Å²) in [5, 5.41) is 28.2. The van der Waals surface area contributed by atoms with Crippen molar-refractivity contribution in [2.75, 3.05) is 13.7 Å². The topological polar surface area (TPSA) is 444 Å². The summed E-state index contributed by atoms with van der Waals surface area (Å²) in [6.45, 7) is 41.3. The number of carbonyl (C=O) groups excluding carboxylic acids is 12. The number of aliphatic hydroxyl groups is 2. The Kier molecular flexibility index (Phi) is 53.2. The number of fused-ring (bicyclic) bond motifs is 10. The Morgan fingerprint density at radius 2 is 0.801 bits per heavy atom. The van der Waals surface area contributed by atoms with Crippen molar-refractivity contribution in [2.24, 2.45) is 67.5 Å². The normalized spacial score (nSPS) is 32.6. The van der Waals surface area contributed by atoms with Crippen LogP contribution in [0.15, 0.2) is 0 Å². The zero-order valence-corrected chi connectivity index (χ0v) is 76.7. The van der Waals surface area contributed by atoms with Crippen LogP contribution in [0.5, 0.6) is 0 Å². The van der Waals surface area contributed by atoms with Crippen LogP contribution in [-0.2, 0) is 148 Å². The van der Waals surface area contributed by atoms with Gasteiger partial charge in [0.05, 0.1) is 58.2 Å². The van der Waals surface area contributed by atoms with Crippen molar-refractivity contribution in [2.45, 2.75) is 498 Å². The molecule has 2 bridgehead atoms. The quantitative estimate of drug-likeness (QED) is 0.101. The van der Waals surface area contributed by atoms with Crippen molar-refractivity contribution in [3.8, 4) is 6.07 Å². The average molecular weight is 1950 g/mol. The van der Waals surface area contributed by atoms with Crippen molar-refractivity contribution in [1.29, 1.82) is 5.26 Å². The first-order valence-corrected chi connectivity index (χ1v) is 44.8. The largest absolute Gasteiger partial charge is 0.469 e. The van der Waals surface area contributed by atoms with Gasteiger partial charge in [-0.25, -0.2) is 19.2 Å². The molecule has 1 spiro atoms. The maximum absolute atomic E-state index is 12.3. The number of methoxy groups -OCH3 is 1. The predicted octanol–water partition coefficient (Wildman–Crippen LogP) is 18.0. The van der Waals surface area contributed by atoms with Gasteiger partial charge in [0, 0.05) is 36.5 Å². The van der Waals surface area contributed by atoms with Crippen LogP contribution in [0.2, 0.25) is 0 Å². The molecular weight excluding hydrogens is 1770 g/mol. The van der Waals surface area contributed by atoms with Crippen LogP contribution in [0, 0.1) is 78.8 Å². The molecule has 25 unspecified atom stereocenters. The molecule has 5 saturated carbocycles. The third kappa shape index (κ3) is 28.6. The molecule has 34 nitrogen and oxygen atoms in total. The van der Waals surface area contributed by atoms with Gasteiger partial charge in [0.1, 0.15) is 42.7 Å². The third-order valence-electron chi connectivity index (χ3n) is 27.9. The molecule has 0 radical (unpaired) electrons. The molecule has 2 N–H and O–H groups in total. The second-order valence-corrected chi connectivity index (χ2v) is 39.1. The minimum absolute atomic E-state index is 0. The molecule has 11 saturated heterocycles. The summed E-state index contributed by atoms with van der Waals surface area (Å²) in [4.78, 5) is 142. The Bertz CT molecular complexity index is 3890. The van der Waals surface area contributed by atoms with Crippen LogP contribution in [0.1, 0.15) is 370 Å². The molecule has 136 heavy (non-hydrogen) atoms. The SMILES string of the molecule is C.C.C.C.C.C.C.C.C.C.C.C.CC.CCC(C)(C)C(=O)OC.CCC(C)(C)C(=O)OC1C(=O)OC2C(O)C(O)OC12.CCC(C)(C)C(=O)OC1C(=O)OC2C3OC(C)(C)OC3OC12.CCC(C)(C)C(=O)OC1C(=O)OC2C3OC4(CCCCC4)OC3OC12.CCC(C)(C)C(=O)OC1C(=O)OC2CCCC21.CCC(C)(C)C(=O)OC1C2CC3C1OC(=O)C3(C#N)C2.O=C1OCC2CCCCC12. The summed E-state index contributed by atoms with van der Waals surface area (Å²) in [6, 6.07) is 2.15. The molecule has 0 aromatic carbocycles. The predicted molar refractivity (Wildman–Crippen MR) is 511 cm³/mol. The van der Waals surface area contributed by atoms with Crippen molar-refractivity contribution in [1.82, 2.24) is 0 Å². The number of ether oxygens (including phenoxy) is 19. The summed E-state index contributed by atoms with van der Waals surface area (Å²) in [5.74, 6) is -5.24. The van der Waals surface area contributed by atoms with E-state index in [9.17, 15) is 73.0 Å². The van der Waals surface area contributed by atoms with Crippen LogP contribution in [0.25, 0.3) is 0 Å². The lowest BCUT2D eigenvalue weighted by molar-refractivity contribution is -0.246. The number of hydrogen-bond acceptors (Lipinski definition) is 34. The van der Waals surface area contributed by atoms with Gasteiger partial charge in [0.15, 0.2) is 66.4 Å². The summed E-state index contributed by atoms with van der Waals surface area (Å²) in [5.41, 5.74) is -4.40. The molecule has 796 valence electrons. The fraction of sp³-hybridized carbons (Fsp3) is 0.873. The van der Waals surface area contributed by atoms with Gasteiger partial charge in [-0.15, -0.1) is 0 Å². The van der Waals surface area contributed by atoms with Gasteiger partial charge in [0.25, 0.3) is 0 Å². The Labute approximate surface area is 816 Å². The van der Waals surface area contributed by atoms with Crippen molar-refractivity contribution in [3.63, 3.8) is 0 Å². The number of aliphatic hydroxyl groups excluding tert-OH is 2. The van der Waals surface area contributed by atoms with Crippen molar-refractivity contribution < 1.29 is 158 Å². The van der Waals surface area contributed by atoms with E-state index in [0.29, 0.717) is 51.0 Å². The summed E-state index contributed by atoms with van der Waals surface area (Å²) < 4.78 is 103. The lowest BCUT2D eigenvalue weighted by Crippen LogP contribution is -2.42. The fourth-order valence-electron chi connectivity index (χ4n) is 17.1. The van der Waals surface area contributed by atoms with Crippen LogP contribution in [0.4, 0.5) is 0 Å². The minimum Gasteiger partial charge on any atom is -0.469 e. The lowest BCUT2D eigenvalue weighted by atomic mass is 9.74. The average Bonchev–Trinajstić information content (AvgIpc) is 1.54. The highest BCUT2D eigenvalue weighted by Gasteiger charge is 2.73. The Morgan fingerprint density at radius 1 is 0.412 bits per heavy atom. The zero-order chi connectivity index (χ0) is 92.3. The standard InChI is InChI=1S/C18H26O7.C15H19NO4.C15H22O7.C13H20O4.C12H18O7.C8H12O2.C7H14O2.C2H6.12CH4/c1-4-17(2,3)16(20)23-12-10-11(21-14(12)19)13-15(22-10)25-18(24-13)8-6-5-7-9-18;1-4-14(2,3)12(17)19-10-8-5-9-11(10)20-13(18)15(9,6-8)7-16;1-6-14(2,3)13(17)20-9-7-8(18-11(9)16)10-12(19-7)22-15(4,5)21-10;1-4-13(2,3)12(15)17-10-8-6-5-7-9(8)16-11(10)14;1-4-12(2,3)11(16)19-8-7-6(17-10(8)15)5(13)9(14)18-7;9-8-7-4-2-1-3-6(7)5-10-8;1-5-7(2,3)6(8)9-4;1-2;;;;;;;;;;;;/h10-13,15H,4-9H2,1-3H3;8-11H,4-6H2,1-3H3;7-10,12H,6H2,1-5H3;8-10H,4-7H2,1-3H3;5-9,13-14H,4H2,1-3H3;6-7H,1-5H2;5H2,1-4H3;1-2H3;12*1H4. The fourth-order valence-corrected chi connectivity index (χ4v) is 17.1. The van der Waals surface area contributed by atoms with Crippen molar-refractivity contribution in [3.05, 3.63) is 0 Å². The van der Waals surface area contributed by atoms with Crippen LogP contribution in [-0.4, -0.2) is 224 Å². The molecule has 5 aliphatic carbocycles. The number of carbonyl (C=O) groups is 12. The molecule has 0 aromatic heterocycles. The molecule has 11 aliphatic heterocycles. The first kappa shape index (κ1) is 135. The molecule has 16 fully saturated rings. The molecule has 34 heteroatoms. The van der Waals surface area contributed by atoms with E-state index in [1.54, 1.807) is 55.4 Å². The van der Waals surface area contributed by atoms with Gasteiger partial charge in [0.2, 0.25) is 24.4 Å². The van der Waals surface area contributed by atoms with Gasteiger partial charge in [-0.2, -0.15) is 5.26 Å². The van der Waals surface area contributed by atoms with Gasteiger partial charge in [-0.05, 0) is 193 Å². The van der Waals surface area contributed by atoms with Gasteiger partial charge in [-0.3, -0.25) is 38.4 Å². The minimum atomic E-state index is -1.44. The second kappa shape index (κ2) is 53.6. The molecule has 25 atom stereocenters. The molecule has 0 amide bonds. The van der Waals surface area contributed by atoms with Gasteiger partial charge in [-0.1, -0.05) is 164 Å². The Balaban J connectivity index is -0.000000747. The Hall–Kier alpha value is -7.23. The van der Waals surface area contributed by atoms with E-state index in [4.69, 9.17) is 85.3 Å². The summed E-state index contributed by atoms with van der Waals surface area (Å²) in [7, 11) is 1.42. The first-order chi connectivity index (χ1) is 58.0. The first-order valence-electron chi connectivity index (χ1n) is 44.8. The summed E-state index contributed by atoms with van der Waals surface area (Å²) >= 11 is 0. The molecule has 16 rings (SSSR count). The second-order valence-electron chi connectivity index (χ2n) is 39.1. The Morgan fingerprint density at radius 3 is 1.22 bits per heavy atom. The molecule has 11 heterocycles. The highest BCUT2D eigenvalue weighted by molar-refractivity contribution is 5.88. The highest BCUT2D eigenvalue weighted by Crippen LogP contribution is 2.63. The molecular formula is C102H185NO33. The van der Waals surface area contributed by atoms with Gasteiger partial charge >= 0.3 is 71.6 Å². The van der Waals surface area contributed by atoms with E-state index in [1.807, 2.05) is 96.9 Å². The monoisotopic (exact) mass is 1950 g/mol. The van der Waals surface area contributed by atoms with Crippen molar-refractivity contribution >= 4 is 71.6 Å². The number of cyclic esters (lactones) is 1. The lowest BCUT2D eigenvalue weighted by Gasteiger charge is -2.33. The smallest absolute Gasteiger partial charge is 0.350 e. The molecule has 0 aromatic rings. The van der Waals surface area contributed by atoms with E-state index in [-0.39, 0.29) is 160 Å². The maximum atomic E-state index is 12.3. The van der Waals surface area contributed by atoms with Crippen LogP contribution >= 0.6 is 0 Å². The van der Waals surface area contributed by atoms with Crippen LogP contribution < -0.4 is 0 Å². The number of nitrogens with zero attached hydrogens (tertiary/aromatic N) is 1. The van der Waals surface area contributed by atoms with E-state index < -0.39 is 190 Å². The highest BCUT2D eigenvalue weighted by atomic mass is 16.9. The summed E-state index contributed by atoms with van der Waals surface area (Å²) in [6.07, 6.45) is 3.57. The van der Waals surface area contributed by atoms with E-state index in [2.05, 4.69) is 10.8 Å². The van der Waals surface area contributed by atoms with E-state index in [1.165, 1.54) is 32.8 Å². The molecule has 16 aliphatic rings. The zero-order valence-electron chi connectivity index (χ0n) is 76.7. The number of nitriles is 1. The number of rotatable bonds is 17. The van der Waals surface area contributed by atoms with Crippen LogP contribution in [0.3, 0.4) is 0 Å². The third-order valence-corrected chi connectivity index (χ3v) is 27.9. The number of hydrogen-bond donors (Lipinski definition) is 2. The van der Waals surface area contributed by atoms with E-state index in [0.717, 1.165) is 64.2 Å². The number of esters is 12. The van der Waals surface area contributed by atoms with E-state index >= 15 is 0 Å². The van der Waals surface area contributed by atoms with Gasteiger partial charge < -0.3 is 100 Å². The maximum Gasteiger partial charge on any atom is 0.350 e.